The normalized spacial score (nSPS) is 11.2. The van der Waals surface area contributed by atoms with E-state index in [2.05, 4.69) is 5.10 Å². The number of aliphatic hydroxyl groups excluding tert-OH is 1. The average molecular weight is 343 g/mol. The SMILES string of the molecule is CC(C)Oc1cc(CCCO)n(Cc2ccc(Cl)cc2Cl)n1. The highest BCUT2D eigenvalue weighted by Crippen LogP contribution is 2.23. The molecule has 22 heavy (non-hydrogen) atoms. The lowest BCUT2D eigenvalue weighted by Gasteiger charge is -2.09. The third-order valence-electron chi connectivity index (χ3n) is 3.12. The molecule has 4 nitrogen and oxygen atoms in total. The molecule has 0 saturated carbocycles. The second-order valence-electron chi connectivity index (χ2n) is 5.36. The van der Waals surface area contributed by atoms with Gasteiger partial charge in [-0.15, -0.1) is 5.10 Å². The van der Waals surface area contributed by atoms with Crippen LogP contribution in [0.4, 0.5) is 0 Å². The van der Waals surface area contributed by atoms with Crippen molar-refractivity contribution in [3.05, 3.63) is 45.6 Å². The van der Waals surface area contributed by atoms with Crippen molar-refractivity contribution in [2.24, 2.45) is 0 Å². The standard InChI is InChI=1S/C16H20Cl2N2O2/c1-11(2)22-16-9-14(4-3-7-21)20(19-16)10-12-5-6-13(17)8-15(12)18/h5-6,8-9,11,21H,3-4,7,10H2,1-2H3. The number of hydrogen-bond donors (Lipinski definition) is 1. The summed E-state index contributed by atoms with van der Waals surface area (Å²) in [5, 5.41) is 14.7. The Hall–Kier alpha value is -1.23. The van der Waals surface area contributed by atoms with Crippen LogP contribution in [0, 0.1) is 0 Å². The van der Waals surface area contributed by atoms with E-state index in [1.54, 1.807) is 6.07 Å². The Kier molecular flexibility index (Phi) is 6.12. The maximum atomic E-state index is 9.04. The monoisotopic (exact) mass is 342 g/mol. The van der Waals surface area contributed by atoms with Gasteiger partial charge in [-0.3, -0.25) is 4.68 Å². The molecule has 1 aromatic carbocycles. The van der Waals surface area contributed by atoms with E-state index >= 15 is 0 Å². The van der Waals surface area contributed by atoms with Crippen LogP contribution in [0.3, 0.4) is 0 Å². The molecule has 6 heteroatoms. The van der Waals surface area contributed by atoms with Crippen LogP contribution in [0.5, 0.6) is 5.88 Å². The van der Waals surface area contributed by atoms with Crippen molar-refractivity contribution in [3.8, 4) is 5.88 Å². The molecule has 0 spiro atoms. The number of ether oxygens (including phenoxy) is 1. The number of aliphatic hydroxyl groups is 1. The zero-order chi connectivity index (χ0) is 16.1. The van der Waals surface area contributed by atoms with Gasteiger partial charge in [0.15, 0.2) is 0 Å². The van der Waals surface area contributed by atoms with Gasteiger partial charge in [0, 0.05) is 28.4 Å². The Labute approximate surface area is 140 Å². The molecule has 0 radical (unpaired) electrons. The van der Waals surface area contributed by atoms with E-state index in [9.17, 15) is 0 Å². The van der Waals surface area contributed by atoms with E-state index in [4.69, 9.17) is 33.0 Å². The number of hydrogen-bond acceptors (Lipinski definition) is 3. The molecular formula is C16H20Cl2N2O2. The molecule has 120 valence electrons. The summed E-state index contributed by atoms with van der Waals surface area (Å²) in [6.07, 6.45) is 1.48. The minimum Gasteiger partial charge on any atom is -0.474 e. The molecule has 1 N–H and O–H groups in total. The van der Waals surface area contributed by atoms with Crippen molar-refractivity contribution in [2.75, 3.05) is 6.61 Å². The number of rotatable bonds is 7. The molecule has 0 aliphatic carbocycles. The minimum absolute atomic E-state index is 0.0631. The van der Waals surface area contributed by atoms with Crippen LogP contribution in [0.1, 0.15) is 31.5 Å². The molecule has 0 aliphatic rings. The average Bonchev–Trinajstić information content (AvgIpc) is 2.80. The van der Waals surface area contributed by atoms with Crippen LogP contribution in [-0.4, -0.2) is 27.6 Å². The van der Waals surface area contributed by atoms with Crippen LogP contribution >= 0.6 is 23.2 Å². The van der Waals surface area contributed by atoms with Crippen LogP contribution in [0.25, 0.3) is 0 Å². The van der Waals surface area contributed by atoms with Crippen molar-refractivity contribution >= 4 is 23.2 Å². The summed E-state index contributed by atoms with van der Waals surface area (Å²) in [5.74, 6) is 0.591. The molecule has 1 aromatic heterocycles. The number of halogens is 2. The van der Waals surface area contributed by atoms with Gasteiger partial charge in [-0.05, 0) is 44.4 Å². The number of aromatic nitrogens is 2. The summed E-state index contributed by atoms with van der Waals surface area (Å²) in [5.41, 5.74) is 1.95. The summed E-state index contributed by atoms with van der Waals surface area (Å²) in [6, 6.07) is 7.34. The Morgan fingerprint density at radius 1 is 1.27 bits per heavy atom. The van der Waals surface area contributed by atoms with Gasteiger partial charge in [-0.1, -0.05) is 29.3 Å². The van der Waals surface area contributed by atoms with Crippen LogP contribution in [-0.2, 0) is 13.0 Å². The second-order valence-corrected chi connectivity index (χ2v) is 6.20. The van der Waals surface area contributed by atoms with Gasteiger partial charge in [-0.25, -0.2) is 0 Å². The van der Waals surface area contributed by atoms with Crippen LogP contribution in [0.2, 0.25) is 10.0 Å². The van der Waals surface area contributed by atoms with E-state index in [1.165, 1.54) is 0 Å². The lowest BCUT2D eigenvalue weighted by atomic mass is 10.2. The minimum atomic E-state index is 0.0631. The first-order valence-corrected chi connectivity index (χ1v) is 8.03. The first kappa shape index (κ1) is 17.1. The molecule has 0 unspecified atom stereocenters. The van der Waals surface area contributed by atoms with Gasteiger partial charge in [0.2, 0.25) is 5.88 Å². The predicted molar refractivity (Wildman–Crippen MR) is 89.0 cm³/mol. The van der Waals surface area contributed by atoms with E-state index in [1.807, 2.05) is 36.7 Å². The van der Waals surface area contributed by atoms with Gasteiger partial charge in [0.05, 0.1) is 12.6 Å². The largest absolute Gasteiger partial charge is 0.474 e. The second kappa shape index (κ2) is 7.86. The molecule has 0 amide bonds. The topological polar surface area (TPSA) is 47.3 Å². The van der Waals surface area contributed by atoms with Gasteiger partial charge in [-0.2, -0.15) is 0 Å². The Morgan fingerprint density at radius 3 is 2.68 bits per heavy atom. The zero-order valence-corrected chi connectivity index (χ0v) is 14.2. The van der Waals surface area contributed by atoms with Crippen molar-refractivity contribution in [2.45, 2.75) is 39.3 Å². The van der Waals surface area contributed by atoms with Gasteiger partial charge >= 0.3 is 0 Å². The van der Waals surface area contributed by atoms with Gasteiger partial charge in [0.25, 0.3) is 0 Å². The number of aryl methyl sites for hydroxylation is 1. The van der Waals surface area contributed by atoms with Crippen LogP contribution in [0.15, 0.2) is 24.3 Å². The summed E-state index contributed by atoms with van der Waals surface area (Å²) < 4.78 is 7.52. The fraction of sp³-hybridized carbons (Fsp3) is 0.438. The van der Waals surface area contributed by atoms with Crippen molar-refractivity contribution in [1.82, 2.24) is 9.78 Å². The Bertz CT molecular complexity index is 627. The van der Waals surface area contributed by atoms with E-state index in [0.29, 0.717) is 28.9 Å². The molecule has 1 heterocycles. The van der Waals surface area contributed by atoms with Gasteiger partial charge in [0.1, 0.15) is 0 Å². The first-order chi connectivity index (χ1) is 10.5. The predicted octanol–water partition coefficient (Wildman–Crippen LogP) is 3.95. The highest BCUT2D eigenvalue weighted by molar-refractivity contribution is 6.35. The summed E-state index contributed by atoms with van der Waals surface area (Å²) in [7, 11) is 0. The van der Waals surface area contributed by atoms with Crippen LogP contribution < -0.4 is 4.74 Å². The molecule has 2 rings (SSSR count). The maximum Gasteiger partial charge on any atom is 0.233 e. The fourth-order valence-electron chi connectivity index (χ4n) is 2.14. The van der Waals surface area contributed by atoms with E-state index in [0.717, 1.165) is 17.7 Å². The highest BCUT2D eigenvalue weighted by Gasteiger charge is 2.12. The summed E-state index contributed by atoms with van der Waals surface area (Å²) in [6.45, 7) is 4.61. The van der Waals surface area contributed by atoms with Gasteiger partial charge < -0.3 is 9.84 Å². The van der Waals surface area contributed by atoms with Crippen molar-refractivity contribution < 1.29 is 9.84 Å². The highest BCUT2D eigenvalue weighted by atomic mass is 35.5. The smallest absolute Gasteiger partial charge is 0.233 e. The lowest BCUT2D eigenvalue weighted by Crippen LogP contribution is -2.09. The first-order valence-electron chi connectivity index (χ1n) is 7.27. The molecule has 0 atom stereocenters. The molecule has 0 fully saturated rings. The molecule has 0 saturated heterocycles. The maximum absolute atomic E-state index is 9.04. The molecular weight excluding hydrogens is 323 g/mol. The molecule has 0 aliphatic heterocycles. The number of benzene rings is 1. The van der Waals surface area contributed by atoms with Crippen molar-refractivity contribution in [1.29, 1.82) is 0 Å². The zero-order valence-electron chi connectivity index (χ0n) is 12.7. The summed E-state index contributed by atoms with van der Waals surface area (Å²) in [4.78, 5) is 0. The summed E-state index contributed by atoms with van der Waals surface area (Å²) >= 11 is 12.2. The lowest BCUT2D eigenvalue weighted by molar-refractivity contribution is 0.230. The Balaban J connectivity index is 2.24. The Morgan fingerprint density at radius 2 is 2.05 bits per heavy atom. The third kappa shape index (κ3) is 4.63. The molecule has 0 bridgehead atoms. The third-order valence-corrected chi connectivity index (χ3v) is 3.71. The number of nitrogens with zero attached hydrogens (tertiary/aromatic N) is 2. The van der Waals surface area contributed by atoms with E-state index in [-0.39, 0.29) is 12.7 Å². The fourth-order valence-corrected chi connectivity index (χ4v) is 2.61. The quantitative estimate of drug-likeness (QED) is 0.828. The van der Waals surface area contributed by atoms with Crippen molar-refractivity contribution in [3.63, 3.8) is 0 Å². The van der Waals surface area contributed by atoms with E-state index < -0.39 is 0 Å². The molecule has 2 aromatic rings.